The van der Waals surface area contributed by atoms with Gasteiger partial charge in [0.2, 0.25) is 0 Å². The normalized spacial score (nSPS) is 23.6. The van der Waals surface area contributed by atoms with Crippen LogP contribution in [0, 0.1) is 0 Å². The largest absolute Gasteiger partial charge is 0.492 e. The summed E-state index contributed by atoms with van der Waals surface area (Å²) < 4.78 is 13.6. The second-order valence-electron chi connectivity index (χ2n) is 5.78. The van der Waals surface area contributed by atoms with Crippen LogP contribution < -0.4 is 4.74 Å². The van der Waals surface area contributed by atoms with Crippen molar-refractivity contribution >= 4 is 22.6 Å². The van der Waals surface area contributed by atoms with E-state index >= 15 is 0 Å². The lowest BCUT2D eigenvalue weighted by atomic mass is 10.0. The third kappa shape index (κ3) is 2.40. The third-order valence-corrected chi connectivity index (χ3v) is 4.26. The molecule has 1 aliphatic rings. The van der Waals surface area contributed by atoms with E-state index in [1.165, 1.54) is 0 Å². The average Bonchev–Trinajstić information content (AvgIpc) is 3.04. The summed E-state index contributed by atoms with van der Waals surface area (Å²) in [6, 6.07) is 6.05. The van der Waals surface area contributed by atoms with Gasteiger partial charge in [-0.2, -0.15) is 0 Å². The second-order valence-corrected chi connectivity index (χ2v) is 6.43. The summed E-state index contributed by atoms with van der Waals surface area (Å²) in [7, 11) is 0. The molecule has 2 unspecified atom stereocenters. The molecule has 2 heterocycles. The summed E-state index contributed by atoms with van der Waals surface area (Å²) in [5, 5.41) is -0.163. The Morgan fingerprint density at radius 2 is 2.33 bits per heavy atom. The van der Waals surface area contributed by atoms with Gasteiger partial charge in [-0.15, -0.1) is 11.6 Å². The van der Waals surface area contributed by atoms with Crippen LogP contribution >= 0.6 is 11.6 Å². The monoisotopic (exact) mass is 308 g/mol. The molecule has 1 fully saturated rings. The number of imidazole rings is 1. The van der Waals surface area contributed by atoms with E-state index in [1.807, 2.05) is 26.0 Å². The van der Waals surface area contributed by atoms with E-state index in [9.17, 15) is 0 Å². The molecule has 4 nitrogen and oxygen atoms in total. The number of hydrogen-bond acceptors (Lipinski definition) is 3. The molecule has 0 amide bonds. The topological polar surface area (TPSA) is 36.3 Å². The molecule has 0 saturated carbocycles. The molecule has 1 aliphatic heterocycles. The minimum absolute atomic E-state index is 0.0991. The Balaban J connectivity index is 2.25. The van der Waals surface area contributed by atoms with E-state index in [-0.39, 0.29) is 10.9 Å². The minimum Gasteiger partial charge on any atom is -0.492 e. The first kappa shape index (κ1) is 14.7. The quantitative estimate of drug-likeness (QED) is 0.804. The summed E-state index contributed by atoms with van der Waals surface area (Å²) >= 11 is 6.38. The van der Waals surface area contributed by atoms with E-state index in [1.54, 1.807) is 0 Å². The van der Waals surface area contributed by atoms with E-state index in [0.29, 0.717) is 13.2 Å². The minimum atomic E-state index is -0.163. The first-order valence-corrected chi connectivity index (χ1v) is 7.87. The summed E-state index contributed by atoms with van der Waals surface area (Å²) in [5.41, 5.74) is 1.85. The highest BCUT2D eigenvalue weighted by Crippen LogP contribution is 2.38. The fraction of sp³-hybridized carbons (Fsp3) is 0.562. The number of para-hydroxylation sites is 1. The molecule has 0 bridgehead atoms. The van der Waals surface area contributed by atoms with Crippen LogP contribution in [0.25, 0.3) is 11.0 Å². The maximum atomic E-state index is 6.38. The molecule has 5 heteroatoms. The number of halogens is 1. The van der Waals surface area contributed by atoms with Gasteiger partial charge < -0.3 is 14.0 Å². The SMILES string of the molecule is CCOc1cccc2c1nc(C(C)Cl)n2C1(C)CCOC1. The lowest BCUT2D eigenvalue weighted by Gasteiger charge is -2.28. The summed E-state index contributed by atoms with van der Waals surface area (Å²) in [4.78, 5) is 4.77. The Morgan fingerprint density at radius 3 is 2.95 bits per heavy atom. The number of alkyl halides is 1. The van der Waals surface area contributed by atoms with Gasteiger partial charge in [0.15, 0.2) is 0 Å². The molecule has 0 radical (unpaired) electrons. The number of ether oxygens (including phenoxy) is 2. The van der Waals surface area contributed by atoms with Crippen molar-refractivity contribution in [2.45, 2.75) is 38.1 Å². The number of fused-ring (bicyclic) bond motifs is 1. The highest BCUT2D eigenvalue weighted by atomic mass is 35.5. The van der Waals surface area contributed by atoms with Gasteiger partial charge in [-0.25, -0.2) is 4.98 Å². The maximum Gasteiger partial charge on any atom is 0.147 e. The summed E-state index contributed by atoms with van der Waals surface area (Å²) in [6.45, 7) is 8.23. The van der Waals surface area contributed by atoms with E-state index in [0.717, 1.165) is 35.6 Å². The molecule has 1 aromatic carbocycles. The molecule has 0 aliphatic carbocycles. The van der Waals surface area contributed by atoms with Gasteiger partial charge in [0.25, 0.3) is 0 Å². The van der Waals surface area contributed by atoms with Gasteiger partial charge in [-0.05, 0) is 39.3 Å². The number of aromatic nitrogens is 2. The van der Waals surface area contributed by atoms with Crippen LogP contribution in [-0.2, 0) is 10.3 Å². The Kier molecular flexibility index (Phi) is 3.84. The molecule has 114 valence electrons. The van der Waals surface area contributed by atoms with Gasteiger partial charge in [0, 0.05) is 6.61 Å². The summed E-state index contributed by atoms with van der Waals surface area (Å²) in [6.07, 6.45) is 0.966. The van der Waals surface area contributed by atoms with Gasteiger partial charge in [0.1, 0.15) is 17.1 Å². The Labute approximate surface area is 130 Å². The molecule has 2 aromatic rings. The van der Waals surface area contributed by atoms with Crippen molar-refractivity contribution in [2.75, 3.05) is 19.8 Å². The van der Waals surface area contributed by atoms with Gasteiger partial charge in [-0.1, -0.05) is 6.07 Å². The van der Waals surface area contributed by atoms with Crippen LogP contribution in [0.4, 0.5) is 0 Å². The second kappa shape index (κ2) is 5.50. The van der Waals surface area contributed by atoms with Crippen molar-refractivity contribution < 1.29 is 9.47 Å². The van der Waals surface area contributed by atoms with Crippen molar-refractivity contribution in [2.24, 2.45) is 0 Å². The van der Waals surface area contributed by atoms with Gasteiger partial charge in [-0.3, -0.25) is 0 Å². The zero-order valence-corrected chi connectivity index (χ0v) is 13.5. The van der Waals surface area contributed by atoms with Crippen LogP contribution in [0.3, 0.4) is 0 Å². The molecule has 1 saturated heterocycles. The van der Waals surface area contributed by atoms with Crippen molar-refractivity contribution in [3.8, 4) is 5.75 Å². The number of benzene rings is 1. The lowest BCUT2D eigenvalue weighted by molar-refractivity contribution is 0.162. The number of hydrogen-bond donors (Lipinski definition) is 0. The van der Waals surface area contributed by atoms with E-state index in [2.05, 4.69) is 17.6 Å². The Hall–Kier alpha value is -1.26. The first-order valence-electron chi connectivity index (χ1n) is 7.43. The molecule has 2 atom stereocenters. The fourth-order valence-electron chi connectivity index (χ4n) is 3.03. The third-order valence-electron chi connectivity index (χ3n) is 4.07. The van der Waals surface area contributed by atoms with Gasteiger partial charge in [0.05, 0.1) is 29.6 Å². The average molecular weight is 309 g/mol. The maximum absolute atomic E-state index is 6.38. The van der Waals surface area contributed by atoms with Crippen LogP contribution in [0.1, 0.15) is 38.4 Å². The highest BCUT2D eigenvalue weighted by molar-refractivity contribution is 6.20. The van der Waals surface area contributed by atoms with Crippen LogP contribution in [-0.4, -0.2) is 29.4 Å². The molecule has 21 heavy (non-hydrogen) atoms. The zero-order valence-electron chi connectivity index (χ0n) is 12.7. The predicted molar refractivity (Wildman–Crippen MR) is 84.3 cm³/mol. The first-order chi connectivity index (χ1) is 10.1. The standard InChI is InChI=1S/C16H21ClN2O2/c1-4-21-13-7-5-6-12-14(13)18-15(11(2)17)19(12)16(3)8-9-20-10-16/h5-7,11H,4,8-10H2,1-3H3. The van der Waals surface area contributed by atoms with E-state index < -0.39 is 0 Å². The number of nitrogens with zero attached hydrogens (tertiary/aromatic N) is 2. The van der Waals surface area contributed by atoms with Crippen LogP contribution in [0.15, 0.2) is 18.2 Å². The van der Waals surface area contributed by atoms with E-state index in [4.69, 9.17) is 26.1 Å². The summed E-state index contributed by atoms with van der Waals surface area (Å²) in [5.74, 6) is 1.70. The molecule has 3 rings (SSSR count). The molecular formula is C16H21ClN2O2. The van der Waals surface area contributed by atoms with Crippen LogP contribution in [0.5, 0.6) is 5.75 Å². The molecule has 1 aromatic heterocycles. The molecule has 0 spiro atoms. The van der Waals surface area contributed by atoms with Crippen LogP contribution in [0.2, 0.25) is 0 Å². The highest BCUT2D eigenvalue weighted by Gasteiger charge is 2.36. The Morgan fingerprint density at radius 1 is 1.52 bits per heavy atom. The smallest absolute Gasteiger partial charge is 0.147 e. The van der Waals surface area contributed by atoms with Crippen molar-refractivity contribution in [3.63, 3.8) is 0 Å². The fourth-order valence-corrected chi connectivity index (χ4v) is 3.18. The zero-order chi connectivity index (χ0) is 15.0. The Bertz CT molecular complexity index is 645. The lowest BCUT2D eigenvalue weighted by Crippen LogP contribution is -2.32. The van der Waals surface area contributed by atoms with Crippen molar-refractivity contribution in [1.29, 1.82) is 0 Å². The number of rotatable bonds is 4. The predicted octanol–water partition coefficient (Wildman–Crippen LogP) is 3.87. The van der Waals surface area contributed by atoms with Crippen molar-refractivity contribution in [1.82, 2.24) is 9.55 Å². The molecule has 0 N–H and O–H groups in total. The van der Waals surface area contributed by atoms with Crippen molar-refractivity contribution in [3.05, 3.63) is 24.0 Å². The van der Waals surface area contributed by atoms with Gasteiger partial charge >= 0.3 is 0 Å². The molecular weight excluding hydrogens is 288 g/mol.